The molecule has 8 heteroatoms. The Labute approximate surface area is 172 Å². The predicted molar refractivity (Wildman–Crippen MR) is 112 cm³/mol. The lowest BCUT2D eigenvalue weighted by Crippen LogP contribution is -2.41. The van der Waals surface area contributed by atoms with Crippen molar-refractivity contribution < 1.29 is 22.1 Å². The van der Waals surface area contributed by atoms with Crippen LogP contribution in [0.5, 0.6) is 0 Å². The van der Waals surface area contributed by atoms with Gasteiger partial charge in [-0.2, -0.15) is 0 Å². The van der Waals surface area contributed by atoms with Gasteiger partial charge in [0.05, 0.1) is 16.1 Å². The fraction of sp³-hybridized carbons (Fsp3) is 0.429. The highest BCUT2D eigenvalue weighted by atomic mass is 32.2. The monoisotopic (exact) mass is 419 g/mol. The minimum absolute atomic E-state index is 0.170. The van der Waals surface area contributed by atoms with Crippen molar-refractivity contribution in [1.29, 1.82) is 0 Å². The molecule has 3 rings (SSSR count). The molecule has 1 aliphatic heterocycles. The second-order valence-electron chi connectivity index (χ2n) is 8.46. The van der Waals surface area contributed by atoms with Crippen molar-refractivity contribution in [3.8, 4) is 0 Å². The van der Waals surface area contributed by atoms with Crippen LogP contribution in [-0.2, 0) is 19.3 Å². The standard InChI is InChI=1S/C21H27BFNO4S/c1-15-6-12-18(13-7-15)29(25,26)24-19(16-8-10-17(23)11-9-16)14-22-27-20(2,3)21(4,5)28-22/h6-13,19,24H,14H2,1-5H3. The van der Waals surface area contributed by atoms with E-state index >= 15 is 0 Å². The van der Waals surface area contributed by atoms with E-state index < -0.39 is 34.4 Å². The van der Waals surface area contributed by atoms with Gasteiger partial charge in [-0.05, 0) is 64.4 Å². The summed E-state index contributed by atoms with van der Waals surface area (Å²) in [5.74, 6) is -0.385. The number of rotatable bonds is 6. The lowest BCUT2D eigenvalue weighted by Gasteiger charge is -2.32. The van der Waals surface area contributed by atoms with E-state index in [9.17, 15) is 12.8 Å². The molecule has 1 fully saturated rings. The molecule has 1 atom stereocenters. The van der Waals surface area contributed by atoms with Crippen LogP contribution in [0.15, 0.2) is 53.4 Å². The Morgan fingerprint density at radius 1 is 0.966 bits per heavy atom. The van der Waals surface area contributed by atoms with Crippen LogP contribution in [-0.4, -0.2) is 26.7 Å². The van der Waals surface area contributed by atoms with Crippen LogP contribution in [0.4, 0.5) is 4.39 Å². The third-order valence-corrected chi connectivity index (χ3v) is 7.12. The largest absolute Gasteiger partial charge is 0.459 e. The van der Waals surface area contributed by atoms with E-state index in [1.807, 2.05) is 34.6 Å². The van der Waals surface area contributed by atoms with Crippen LogP contribution >= 0.6 is 0 Å². The number of aryl methyl sites for hydroxylation is 1. The Bertz CT molecular complexity index is 943. The summed E-state index contributed by atoms with van der Waals surface area (Å²) < 4.78 is 54.1. The van der Waals surface area contributed by atoms with Crippen molar-refractivity contribution in [1.82, 2.24) is 4.72 Å². The Balaban J connectivity index is 1.88. The van der Waals surface area contributed by atoms with Crippen molar-refractivity contribution in [3.63, 3.8) is 0 Å². The van der Waals surface area contributed by atoms with Gasteiger partial charge in [0, 0.05) is 12.4 Å². The summed E-state index contributed by atoms with van der Waals surface area (Å²) >= 11 is 0. The molecule has 0 aromatic heterocycles. The molecule has 1 unspecified atom stereocenters. The number of benzene rings is 2. The highest BCUT2D eigenvalue weighted by Crippen LogP contribution is 2.39. The van der Waals surface area contributed by atoms with E-state index in [1.54, 1.807) is 36.4 Å². The maximum Gasteiger partial charge on any atom is 0.459 e. The molecule has 5 nitrogen and oxygen atoms in total. The molecule has 29 heavy (non-hydrogen) atoms. The summed E-state index contributed by atoms with van der Waals surface area (Å²) in [5.41, 5.74) is 0.551. The number of sulfonamides is 1. The van der Waals surface area contributed by atoms with Gasteiger partial charge in [-0.1, -0.05) is 29.8 Å². The van der Waals surface area contributed by atoms with E-state index in [0.29, 0.717) is 5.56 Å². The molecular weight excluding hydrogens is 392 g/mol. The first kappa shape index (κ1) is 22.0. The molecule has 0 amide bonds. The van der Waals surface area contributed by atoms with Crippen LogP contribution in [0.3, 0.4) is 0 Å². The average Bonchev–Trinajstić information content (AvgIpc) is 2.81. The summed E-state index contributed by atoms with van der Waals surface area (Å²) in [4.78, 5) is 0.170. The number of hydrogen-bond donors (Lipinski definition) is 1. The second-order valence-corrected chi connectivity index (χ2v) is 10.2. The Morgan fingerprint density at radius 2 is 1.48 bits per heavy atom. The number of hydrogen-bond acceptors (Lipinski definition) is 4. The maximum atomic E-state index is 13.4. The van der Waals surface area contributed by atoms with Crippen molar-refractivity contribution in [2.24, 2.45) is 0 Å². The summed E-state index contributed by atoms with van der Waals surface area (Å²) in [6.45, 7) is 9.66. The third-order valence-electron chi connectivity index (χ3n) is 5.63. The van der Waals surface area contributed by atoms with E-state index in [1.165, 1.54) is 12.1 Å². The molecule has 0 bridgehead atoms. The van der Waals surface area contributed by atoms with Crippen LogP contribution in [0.25, 0.3) is 0 Å². The minimum Gasteiger partial charge on any atom is -0.403 e. The van der Waals surface area contributed by atoms with Gasteiger partial charge in [0.15, 0.2) is 0 Å². The molecule has 0 aliphatic carbocycles. The van der Waals surface area contributed by atoms with Crippen molar-refractivity contribution in [3.05, 3.63) is 65.5 Å². The predicted octanol–water partition coefficient (Wildman–Crippen LogP) is 4.25. The van der Waals surface area contributed by atoms with Gasteiger partial charge in [-0.25, -0.2) is 17.5 Å². The lowest BCUT2D eigenvalue weighted by molar-refractivity contribution is 0.00578. The zero-order valence-electron chi connectivity index (χ0n) is 17.4. The van der Waals surface area contributed by atoms with Crippen molar-refractivity contribution >= 4 is 17.1 Å². The summed E-state index contributed by atoms with van der Waals surface area (Å²) in [6.07, 6.45) is 0.254. The second kappa shape index (κ2) is 7.83. The van der Waals surface area contributed by atoms with Crippen LogP contribution in [0, 0.1) is 12.7 Å². The first-order valence-corrected chi connectivity index (χ1v) is 11.1. The Kier molecular flexibility index (Phi) is 5.93. The van der Waals surface area contributed by atoms with Gasteiger partial charge in [-0.3, -0.25) is 0 Å². The number of nitrogens with one attached hydrogen (secondary N) is 1. The molecule has 1 saturated heterocycles. The van der Waals surface area contributed by atoms with Crippen LogP contribution in [0.2, 0.25) is 6.32 Å². The normalized spacial score (nSPS) is 19.3. The average molecular weight is 419 g/mol. The van der Waals surface area contributed by atoms with E-state index in [-0.39, 0.29) is 17.0 Å². The van der Waals surface area contributed by atoms with Gasteiger partial charge in [-0.15, -0.1) is 0 Å². The molecule has 1 N–H and O–H groups in total. The maximum absolute atomic E-state index is 13.4. The molecule has 1 aliphatic rings. The quantitative estimate of drug-likeness (QED) is 0.712. The first-order chi connectivity index (χ1) is 13.4. The molecule has 0 radical (unpaired) electrons. The highest BCUT2D eigenvalue weighted by molar-refractivity contribution is 7.89. The van der Waals surface area contributed by atoms with Crippen LogP contribution in [0.1, 0.15) is 44.9 Å². The topological polar surface area (TPSA) is 64.6 Å². The van der Waals surface area contributed by atoms with Gasteiger partial charge < -0.3 is 9.31 Å². The summed E-state index contributed by atoms with van der Waals surface area (Å²) in [7, 11) is -4.39. The van der Waals surface area contributed by atoms with Gasteiger partial charge in [0.2, 0.25) is 10.0 Å². The molecule has 156 valence electrons. The summed E-state index contributed by atoms with van der Waals surface area (Å²) in [6, 6.07) is 11.7. The van der Waals surface area contributed by atoms with Crippen molar-refractivity contribution in [2.45, 2.75) is 63.1 Å². The molecule has 0 saturated carbocycles. The fourth-order valence-corrected chi connectivity index (χ4v) is 4.41. The minimum atomic E-state index is -3.79. The van der Waals surface area contributed by atoms with E-state index in [4.69, 9.17) is 9.31 Å². The van der Waals surface area contributed by atoms with Crippen molar-refractivity contribution in [2.75, 3.05) is 0 Å². The van der Waals surface area contributed by atoms with Gasteiger partial charge in [0.25, 0.3) is 0 Å². The molecule has 2 aromatic carbocycles. The first-order valence-electron chi connectivity index (χ1n) is 9.60. The lowest BCUT2D eigenvalue weighted by atomic mass is 9.79. The third kappa shape index (κ3) is 4.88. The Hall–Kier alpha value is -1.74. The van der Waals surface area contributed by atoms with E-state index in [0.717, 1.165) is 5.56 Å². The van der Waals surface area contributed by atoms with E-state index in [2.05, 4.69) is 4.72 Å². The summed E-state index contributed by atoms with van der Waals surface area (Å²) in [5, 5.41) is 0. The fourth-order valence-electron chi connectivity index (χ4n) is 3.17. The van der Waals surface area contributed by atoms with Gasteiger partial charge in [0.1, 0.15) is 5.82 Å². The molecule has 1 heterocycles. The zero-order valence-corrected chi connectivity index (χ0v) is 18.2. The molecule has 2 aromatic rings. The molecule has 0 spiro atoms. The van der Waals surface area contributed by atoms with Crippen LogP contribution < -0.4 is 4.72 Å². The SMILES string of the molecule is Cc1ccc(S(=O)(=O)NC(CB2OC(C)(C)C(C)(C)O2)c2ccc(F)cc2)cc1. The molecular formula is C21H27BFNO4S. The number of halogens is 1. The Morgan fingerprint density at radius 3 is 2.00 bits per heavy atom. The van der Waals surface area contributed by atoms with Gasteiger partial charge >= 0.3 is 7.12 Å². The highest BCUT2D eigenvalue weighted by Gasteiger charge is 2.51. The smallest absolute Gasteiger partial charge is 0.403 e. The zero-order chi connectivity index (χ0) is 21.4.